The first-order valence-electron chi connectivity index (χ1n) is 8.49. The fraction of sp³-hybridized carbons (Fsp3) is 0.529. The summed E-state index contributed by atoms with van der Waals surface area (Å²) in [6.45, 7) is 5.71. The van der Waals surface area contributed by atoms with Crippen LogP contribution in [0.4, 0.5) is 10.5 Å². The van der Waals surface area contributed by atoms with Gasteiger partial charge in [-0.2, -0.15) is 0 Å². The van der Waals surface area contributed by atoms with Crippen LogP contribution in [0.5, 0.6) is 0 Å². The fourth-order valence-corrected chi connectivity index (χ4v) is 4.04. The highest BCUT2D eigenvalue weighted by Gasteiger charge is 2.42. The normalized spacial score (nSPS) is 21.4. The van der Waals surface area contributed by atoms with Crippen molar-refractivity contribution in [2.24, 2.45) is 5.41 Å². The van der Waals surface area contributed by atoms with Gasteiger partial charge in [-0.05, 0) is 44.9 Å². The van der Waals surface area contributed by atoms with Gasteiger partial charge in [-0.15, -0.1) is 0 Å². The van der Waals surface area contributed by atoms with Crippen molar-refractivity contribution in [1.82, 2.24) is 9.62 Å². The summed E-state index contributed by atoms with van der Waals surface area (Å²) in [4.78, 5) is 25.1. The number of hydrogen-bond donors (Lipinski definition) is 3. The van der Waals surface area contributed by atoms with Gasteiger partial charge in [0.1, 0.15) is 0 Å². The Hall–Kier alpha value is -2.13. The molecule has 26 heavy (non-hydrogen) atoms. The van der Waals surface area contributed by atoms with Crippen LogP contribution in [-0.4, -0.2) is 49.6 Å². The van der Waals surface area contributed by atoms with Crippen molar-refractivity contribution in [1.29, 1.82) is 0 Å². The highest BCUT2D eigenvalue weighted by atomic mass is 32.2. The third-order valence-corrected chi connectivity index (χ3v) is 6.23. The van der Waals surface area contributed by atoms with E-state index in [2.05, 4.69) is 10.0 Å². The van der Waals surface area contributed by atoms with Crippen LogP contribution in [-0.2, 0) is 14.8 Å². The third kappa shape index (κ3) is 4.53. The number of aliphatic carboxylic acids is 1. The molecule has 0 aliphatic carbocycles. The summed E-state index contributed by atoms with van der Waals surface area (Å²) in [5, 5.41) is 11.9. The number of sulfonamides is 1. The van der Waals surface area contributed by atoms with Gasteiger partial charge in [0.15, 0.2) is 0 Å². The molecule has 2 amide bonds. The lowest BCUT2D eigenvalue weighted by Gasteiger charge is -2.20. The molecule has 144 valence electrons. The Balaban J connectivity index is 2.09. The van der Waals surface area contributed by atoms with Crippen LogP contribution in [0.15, 0.2) is 29.2 Å². The Bertz CT molecular complexity index is 795. The van der Waals surface area contributed by atoms with E-state index in [0.29, 0.717) is 25.1 Å². The molecular weight excluding hydrogens is 358 g/mol. The molecule has 0 bridgehead atoms. The van der Waals surface area contributed by atoms with Crippen LogP contribution in [0.25, 0.3) is 0 Å². The van der Waals surface area contributed by atoms with Gasteiger partial charge in [0.05, 0.1) is 10.3 Å². The number of nitrogens with zero attached hydrogens (tertiary/aromatic N) is 1. The number of likely N-dealkylation sites (tertiary alicyclic amines) is 1. The Labute approximate surface area is 153 Å². The largest absolute Gasteiger partial charge is 0.481 e. The van der Waals surface area contributed by atoms with Crippen molar-refractivity contribution in [2.75, 3.05) is 18.4 Å². The summed E-state index contributed by atoms with van der Waals surface area (Å²) in [7, 11) is -3.67. The molecule has 2 atom stereocenters. The maximum absolute atomic E-state index is 12.4. The lowest BCUT2D eigenvalue weighted by atomic mass is 9.90. The molecule has 0 spiro atoms. The predicted octanol–water partition coefficient (Wildman–Crippen LogP) is 2.09. The third-order valence-electron chi connectivity index (χ3n) is 4.64. The van der Waals surface area contributed by atoms with E-state index in [4.69, 9.17) is 0 Å². The Morgan fingerprint density at radius 2 is 2.08 bits per heavy atom. The average molecular weight is 383 g/mol. The number of carboxylic acid groups (broad SMARTS) is 1. The fourth-order valence-electron chi connectivity index (χ4n) is 2.67. The number of carboxylic acids is 1. The Kier molecular flexibility index (Phi) is 5.92. The predicted molar refractivity (Wildman–Crippen MR) is 97.5 cm³/mol. The van der Waals surface area contributed by atoms with Crippen LogP contribution in [0.2, 0.25) is 0 Å². The average Bonchev–Trinajstić information content (AvgIpc) is 2.98. The van der Waals surface area contributed by atoms with E-state index in [-0.39, 0.29) is 17.5 Å². The molecule has 1 heterocycles. The first-order chi connectivity index (χ1) is 12.1. The number of benzene rings is 1. The van der Waals surface area contributed by atoms with Gasteiger partial charge < -0.3 is 15.3 Å². The van der Waals surface area contributed by atoms with Gasteiger partial charge in [-0.1, -0.05) is 13.0 Å². The van der Waals surface area contributed by atoms with Crippen molar-refractivity contribution in [3.8, 4) is 0 Å². The SMILES string of the molecule is CCC(C)NS(=O)(=O)c1cccc(NC(=O)N2CCC(C)(C(=O)O)C2)c1. The van der Waals surface area contributed by atoms with Crippen molar-refractivity contribution >= 4 is 27.7 Å². The molecule has 0 saturated carbocycles. The number of carbonyl (C=O) groups is 2. The minimum absolute atomic E-state index is 0.0624. The summed E-state index contributed by atoms with van der Waals surface area (Å²) >= 11 is 0. The van der Waals surface area contributed by atoms with Crippen molar-refractivity contribution < 1.29 is 23.1 Å². The van der Waals surface area contributed by atoms with E-state index in [9.17, 15) is 23.1 Å². The molecule has 1 fully saturated rings. The van der Waals surface area contributed by atoms with E-state index in [1.165, 1.54) is 17.0 Å². The van der Waals surface area contributed by atoms with Crippen molar-refractivity contribution in [2.45, 2.75) is 44.6 Å². The summed E-state index contributed by atoms with van der Waals surface area (Å²) in [6, 6.07) is 5.34. The number of anilines is 1. The molecule has 1 saturated heterocycles. The van der Waals surface area contributed by atoms with Gasteiger partial charge in [0.2, 0.25) is 10.0 Å². The smallest absolute Gasteiger partial charge is 0.321 e. The monoisotopic (exact) mass is 383 g/mol. The minimum Gasteiger partial charge on any atom is -0.481 e. The lowest BCUT2D eigenvalue weighted by Crippen LogP contribution is -2.37. The number of urea groups is 1. The second-order valence-corrected chi connectivity index (χ2v) is 8.64. The molecule has 2 unspecified atom stereocenters. The molecular formula is C17H25N3O5S. The molecule has 3 N–H and O–H groups in total. The van der Waals surface area contributed by atoms with Crippen LogP contribution >= 0.6 is 0 Å². The van der Waals surface area contributed by atoms with E-state index in [1.807, 2.05) is 6.92 Å². The molecule has 1 aliphatic heterocycles. The van der Waals surface area contributed by atoms with Gasteiger partial charge >= 0.3 is 12.0 Å². The van der Waals surface area contributed by atoms with Crippen LogP contribution < -0.4 is 10.0 Å². The quantitative estimate of drug-likeness (QED) is 0.696. The van der Waals surface area contributed by atoms with Crippen LogP contribution in [0, 0.1) is 5.41 Å². The molecule has 1 aromatic rings. The van der Waals surface area contributed by atoms with Crippen molar-refractivity contribution in [3.63, 3.8) is 0 Å². The molecule has 0 radical (unpaired) electrons. The highest BCUT2D eigenvalue weighted by molar-refractivity contribution is 7.89. The zero-order valence-electron chi connectivity index (χ0n) is 15.2. The maximum atomic E-state index is 12.4. The second-order valence-electron chi connectivity index (χ2n) is 6.93. The van der Waals surface area contributed by atoms with Gasteiger partial charge in [0.25, 0.3) is 0 Å². The molecule has 0 aromatic heterocycles. The molecule has 1 aromatic carbocycles. The van der Waals surface area contributed by atoms with Crippen molar-refractivity contribution in [3.05, 3.63) is 24.3 Å². The van der Waals surface area contributed by atoms with Gasteiger partial charge in [-0.25, -0.2) is 17.9 Å². The number of rotatable bonds is 6. The maximum Gasteiger partial charge on any atom is 0.321 e. The molecule has 2 rings (SSSR count). The number of amides is 2. The first-order valence-corrected chi connectivity index (χ1v) is 9.97. The number of hydrogen-bond acceptors (Lipinski definition) is 4. The number of nitrogens with one attached hydrogen (secondary N) is 2. The summed E-state index contributed by atoms with van der Waals surface area (Å²) in [5.41, 5.74) is -0.617. The highest BCUT2D eigenvalue weighted by Crippen LogP contribution is 2.30. The Morgan fingerprint density at radius 3 is 2.65 bits per heavy atom. The first kappa shape index (κ1) is 20.2. The van der Waals surface area contributed by atoms with Crippen LogP contribution in [0.3, 0.4) is 0 Å². The van der Waals surface area contributed by atoms with E-state index in [1.54, 1.807) is 26.0 Å². The summed E-state index contributed by atoms with van der Waals surface area (Å²) in [6.07, 6.45) is 1.04. The molecule has 1 aliphatic rings. The summed E-state index contributed by atoms with van der Waals surface area (Å²) in [5.74, 6) is -0.933. The summed E-state index contributed by atoms with van der Waals surface area (Å²) < 4.78 is 27.3. The Morgan fingerprint density at radius 1 is 1.38 bits per heavy atom. The standard InChI is InChI=1S/C17H25N3O5S/c1-4-12(2)19-26(24,25)14-7-5-6-13(10-14)18-16(23)20-9-8-17(3,11-20)15(21)22/h5-7,10,12,19H,4,8-9,11H2,1-3H3,(H,18,23)(H,21,22). The topological polar surface area (TPSA) is 116 Å². The molecule has 8 nitrogen and oxygen atoms in total. The van der Waals surface area contributed by atoms with Gasteiger partial charge in [0, 0.05) is 24.8 Å². The minimum atomic E-state index is -3.67. The van der Waals surface area contributed by atoms with E-state index in [0.717, 1.165) is 0 Å². The zero-order chi connectivity index (χ0) is 19.5. The lowest BCUT2D eigenvalue weighted by molar-refractivity contribution is -0.146. The second kappa shape index (κ2) is 7.63. The van der Waals surface area contributed by atoms with Crippen LogP contribution in [0.1, 0.15) is 33.6 Å². The van der Waals surface area contributed by atoms with E-state index < -0.39 is 27.4 Å². The van der Waals surface area contributed by atoms with E-state index >= 15 is 0 Å². The number of carbonyl (C=O) groups excluding carboxylic acids is 1. The van der Waals surface area contributed by atoms with Gasteiger partial charge in [-0.3, -0.25) is 4.79 Å². The molecule has 9 heteroatoms. The zero-order valence-corrected chi connectivity index (χ0v) is 16.0.